The van der Waals surface area contributed by atoms with Crippen LogP contribution >= 0.6 is 27.7 Å². The number of rotatable bonds is 10. The fraction of sp³-hybridized carbons (Fsp3) is 0.400. The van der Waals surface area contributed by atoms with Gasteiger partial charge in [0.1, 0.15) is 11.5 Å². The first-order chi connectivity index (χ1) is 16.2. The van der Waals surface area contributed by atoms with Gasteiger partial charge in [-0.1, -0.05) is 31.7 Å². The van der Waals surface area contributed by atoms with E-state index in [4.69, 9.17) is 9.47 Å². The van der Waals surface area contributed by atoms with E-state index < -0.39 is 0 Å². The molecule has 1 unspecified atom stereocenters. The van der Waals surface area contributed by atoms with Crippen molar-refractivity contribution in [2.75, 3.05) is 18.2 Å². The topological polar surface area (TPSA) is 78.3 Å². The van der Waals surface area contributed by atoms with Gasteiger partial charge in [-0.2, -0.15) is 0 Å². The Kier molecular flexibility index (Phi) is 9.02. The van der Waals surface area contributed by atoms with Crippen molar-refractivity contribution in [3.8, 4) is 11.5 Å². The molecular formula is C25H31BrN4O3S. The average molecular weight is 548 g/mol. The van der Waals surface area contributed by atoms with Crippen molar-refractivity contribution in [3.63, 3.8) is 0 Å². The summed E-state index contributed by atoms with van der Waals surface area (Å²) < 4.78 is 14.3. The molecule has 9 heteroatoms. The molecule has 1 amide bonds. The van der Waals surface area contributed by atoms with Gasteiger partial charge in [0, 0.05) is 17.1 Å². The monoisotopic (exact) mass is 546 g/mol. The summed E-state index contributed by atoms with van der Waals surface area (Å²) in [7, 11) is 1.63. The summed E-state index contributed by atoms with van der Waals surface area (Å²) in [6.07, 6.45) is -0.326. The lowest BCUT2D eigenvalue weighted by Crippen LogP contribution is -2.17. The van der Waals surface area contributed by atoms with Gasteiger partial charge in [-0.3, -0.25) is 4.79 Å². The zero-order valence-corrected chi connectivity index (χ0v) is 22.8. The Morgan fingerprint density at radius 2 is 1.82 bits per heavy atom. The Morgan fingerprint density at radius 3 is 2.53 bits per heavy atom. The van der Waals surface area contributed by atoms with Gasteiger partial charge in [0.05, 0.1) is 18.6 Å². The minimum absolute atomic E-state index is 0.102. The van der Waals surface area contributed by atoms with Gasteiger partial charge in [0.25, 0.3) is 0 Å². The molecule has 3 aromatic rings. The van der Waals surface area contributed by atoms with Crippen LogP contribution in [0.4, 0.5) is 5.69 Å². The molecule has 0 aliphatic rings. The molecule has 0 aliphatic carbocycles. The van der Waals surface area contributed by atoms with Crippen molar-refractivity contribution < 1.29 is 14.3 Å². The third-order valence-electron chi connectivity index (χ3n) is 5.20. The molecule has 0 radical (unpaired) electrons. The molecule has 0 aliphatic heterocycles. The lowest BCUT2D eigenvalue weighted by molar-refractivity contribution is -0.113. The fourth-order valence-corrected chi connectivity index (χ4v) is 4.68. The van der Waals surface area contributed by atoms with Crippen LogP contribution in [0.25, 0.3) is 0 Å². The number of benzene rings is 2. The largest absolute Gasteiger partial charge is 0.497 e. The standard InChI is InChI=1S/C25H31BrN4O3S/c1-15(2)13-30-24(18(5)33-20-9-7-8-19(12-20)32-6)28-29-25(30)34-14-23(31)27-22-11-17(4)16(3)10-21(22)26/h7-12,15,18H,13-14H2,1-6H3,(H,27,31). The number of hydrogen-bond donors (Lipinski definition) is 1. The van der Waals surface area contributed by atoms with Crippen LogP contribution in [0, 0.1) is 19.8 Å². The van der Waals surface area contributed by atoms with Crippen LogP contribution in [-0.4, -0.2) is 33.5 Å². The number of anilines is 1. The fourth-order valence-electron chi connectivity index (χ4n) is 3.37. The molecule has 0 spiro atoms. The maximum atomic E-state index is 12.7. The summed E-state index contributed by atoms with van der Waals surface area (Å²) in [6, 6.07) is 11.5. The van der Waals surface area contributed by atoms with Crippen LogP contribution in [0.5, 0.6) is 11.5 Å². The first-order valence-electron chi connectivity index (χ1n) is 11.1. The van der Waals surface area contributed by atoms with E-state index in [-0.39, 0.29) is 17.8 Å². The van der Waals surface area contributed by atoms with Crippen molar-refractivity contribution in [1.29, 1.82) is 0 Å². The molecule has 1 N–H and O–H groups in total. The molecule has 182 valence electrons. The summed E-state index contributed by atoms with van der Waals surface area (Å²) >= 11 is 4.90. The van der Waals surface area contributed by atoms with E-state index in [1.165, 1.54) is 17.3 Å². The summed E-state index contributed by atoms with van der Waals surface area (Å²) in [5.41, 5.74) is 3.05. The zero-order chi connectivity index (χ0) is 24.8. The molecular weight excluding hydrogens is 516 g/mol. The lowest BCUT2D eigenvalue weighted by Gasteiger charge is -2.18. The third-order valence-corrected chi connectivity index (χ3v) is 6.82. The van der Waals surface area contributed by atoms with Gasteiger partial charge in [0.2, 0.25) is 5.91 Å². The molecule has 0 fully saturated rings. The number of nitrogens with zero attached hydrogens (tertiary/aromatic N) is 3. The van der Waals surface area contributed by atoms with Crippen LogP contribution in [0.2, 0.25) is 0 Å². The Balaban J connectivity index is 1.72. The summed E-state index contributed by atoms with van der Waals surface area (Å²) in [5.74, 6) is 2.63. The molecule has 3 rings (SSSR count). The molecule has 2 aromatic carbocycles. The maximum Gasteiger partial charge on any atom is 0.234 e. The van der Waals surface area contributed by atoms with Gasteiger partial charge in [-0.15, -0.1) is 10.2 Å². The highest BCUT2D eigenvalue weighted by Crippen LogP contribution is 2.29. The second kappa shape index (κ2) is 11.8. The average Bonchev–Trinajstić information content (AvgIpc) is 3.18. The Bertz CT molecular complexity index is 1150. The summed E-state index contributed by atoms with van der Waals surface area (Å²) in [5, 5.41) is 12.4. The van der Waals surface area contributed by atoms with Gasteiger partial charge in [0.15, 0.2) is 17.1 Å². The number of carbonyl (C=O) groups is 1. The number of hydrogen-bond acceptors (Lipinski definition) is 6. The van der Waals surface area contributed by atoms with Gasteiger partial charge < -0.3 is 19.4 Å². The third kappa shape index (κ3) is 6.76. The molecule has 0 bridgehead atoms. The molecule has 34 heavy (non-hydrogen) atoms. The second-order valence-electron chi connectivity index (χ2n) is 8.54. The molecule has 0 saturated heterocycles. The van der Waals surface area contributed by atoms with Crippen molar-refractivity contribution in [3.05, 3.63) is 57.8 Å². The van der Waals surface area contributed by atoms with E-state index in [0.29, 0.717) is 16.8 Å². The van der Waals surface area contributed by atoms with Crippen molar-refractivity contribution in [1.82, 2.24) is 14.8 Å². The van der Waals surface area contributed by atoms with Crippen LogP contribution in [-0.2, 0) is 11.3 Å². The molecule has 1 atom stereocenters. The minimum Gasteiger partial charge on any atom is -0.497 e. The van der Waals surface area contributed by atoms with E-state index in [9.17, 15) is 4.79 Å². The first-order valence-corrected chi connectivity index (χ1v) is 12.9. The number of carbonyl (C=O) groups excluding carboxylic acids is 1. The molecule has 1 aromatic heterocycles. The molecule has 1 heterocycles. The smallest absolute Gasteiger partial charge is 0.234 e. The summed E-state index contributed by atoms with van der Waals surface area (Å²) in [4.78, 5) is 12.7. The Hall–Kier alpha value is -2.52. The number of halogens is 1. The predicted octanol–water partition coefficient (Wildman–Crippen LogP) is 6.19. The number of thioether (sulfide) groups is 1. The highest BCUT2D eigenvalue weighted by atomic mass is 79.9. The Morgan fingerprint density at radius 1 is 1.12 bits per heavy atom. The number of amides is 1. The number of nitrogens with one attached hydrogen (secondary N) is 1. The maximum absolute atomic E-state index is 12.7. The van der Waals surface area contributed by atoms with E-state index >= 15 is 0 Å². The zero-order valence-electron chi connectivity index (χ0n) is 20.4. The molecule has 0 saturated carbocycles. The highest BCUT2D eigenvalue weighted by molar-refractivity contribution is 9.10. The van der Waals surface area contributed by atoms with Crippen molar-refractivity contribution >= 4 is 39.3 Å². The summed E-state index contributed by atoms with van der Waals surface area (Å²) in [6.45, 7) is 11.0. The first kappa shape index (κ1) is 26.1. The minimum atomic E-state index is -0.326. The van der Waals surface area contributed by atoms with Gasteiger partial charge in [-0.25, -0.2) is 0 Å². The second-order valence-corrected chi connectivity index (χ2v) is 10.3. The quantitative estimate of drug-likeness (QED) is 0.305. The van der Waals surface area contributed by atoms with E-state index in [0.717, 1.165) is 33.8 Å². The van der Waals surface area contributed by atoms with Gasteiger partial charge >= 0.3 is 0 Å². The Labute approximate surface area is 213 Å². The van der Waals surface area contributed by atoms with E-state index in [1.54, 1.807) is 7.11 Å². The predicted molar refractivity (Wildman–Crippen MR) is 140 cm³/mol. The SMILES string of the molecule is COc1cccc(OC(C)c2nnc(SCC(=O)Nc3cc(C)c(C)cc3Br)n2CC(C)C)c1. The normalized spacial score (nSPS) is 12.0. The number of ether oxygens (including phenoxy) is 2. The number of methoxy groups -OCH3 is 1. The van der Waals surface area contributed by atoms with E-state index in [1.807, 2.05) is 61.7 Å². The van der Waals surface area contributed by atoms with Crippen LogP contribution in [0.1, 0.15) is 43.8 Å². The van der Waals surface area contributed by atoms with Crippen LogP contribution in [0.15, 0.2) is 46.0 Å². The number of aromatic nitrogens is 3. The lowest BCUT2D eigenvalue weighted by atomic mass is 10.1. The highest BCUT2D eigenvalue weighted by Gasteiger charge is 2.21. The van der Waals surface area contributed by atoms with Crippen LogP contribution < -0.4 is 14.8 Å². The van der Waals surface area contributed by atoms with Gasteiger partial charge in [-0.05, 0) is 78.0 Å². The molecule has 7 nitrogen and oxygen atoms in total. The van der Waals surface area contributed by atoms with Crippen molar-refractivity contribution in [2.45, 2.75) is 52.4 Å². The van der Waals surface area contributed by atoms with Crippen molar-refractivity contribution in [2.24, 2.45) is 5.92 Å². The van der Waals surface area contributed by atoms with E-state index in [2.05, 4.69) is 45.3 Å². The van der Waals surface area contributed by atoms with Crippen LogP contribution in [0.3, 0.4) is 0 Å². The number of aryl methyl sites for hydroxylation is 2.